The number of hydrogen-bond donors (Lipinski definition) is 0. The number of carbonyl (C=O) groups excluding carboxylic acids is 1. The number of aromatic nitrogens is 1. The van der Waals surface area contributed by atoms with Crippen LogP contribution in [0.4, 0.5) is 0 Å². The first kappa shape index (κ1) is 16.8. The molecule has 3 saturated heterocycles. The van der Waals surface area contributed by atoms with Crippen molar-refractivity contribution in [2.24, 2.45) is 0 Å². The first-order chi connectivity index (χ1) is 12.3. The molecule has 0 unspecified atom stereocenters. The largest absolute Gasteiger partial charge is 0.481 e. The molecule has 136 valence electrons. The predicted molar refractivity (Wildman–Crippen MR) is 95.4 cm³/mol. The summed E-state index contributed by atoms with van der Waals surface area (Å²) in [5.41, 5.74) is 1.11. The molecule has 3 aliphatic rings. The molecule has 0 saturated carbocycles. The van der Waals surface area contributed by atoms with Gasteiger partial charge in [-0.1, -0.05) is 6.07 Å². The predicted octanol–water partition coefficient (Wildman–Crippen LogP) is 1.36. The summed E-state index contributed by atoms with van der Waals surface area (Å²) in [6.45, 7) is 6.17. The number of rotatable bonds is 6. The number of fused-ring (bicyclic) bond motifs is 1. The Hall–Kier alpha value is -1.66. The van der Waals surface area contributed by atoms with Crippen molar-refractivity contribution < 1.29 is 9.53 Å². The molecule has 3 fully saturated rings. The lowest BCUT2D eigenvalue weighted by molar-refractivity contribution is -0.129. The van der Waals surface area contributed by atoms with Crippen LogP contribution in [0.15, 0.2) is 18.3 Å². The summed E-state index contributed by atoms with van der Waals surface area (Å²) in [5, 5.41) is 0. The molecule has 0 radical (unpaired) electrons. The zero-order chi connectivity index (χ0) is 17.2. The Balaban J connectivity index is 1.39. The van der Waals surface area contributed by atoms with Gasteiger partial charge in [-0.2, -0.15) is 0 Å². The SMILES string of the molecule is COc1ncccc1CN1CC[C@@H]2[C@@H]1CC(=O)N2CCN1CCCC1. The van der Waals surface area contributed by atoms with Crippen molar-refractivity contribution in [2.75, 3.05) is 39.8 Å². The van der Waals surface area contributed by atoms with E-state index in [1.807, 2.05) is 6.07 Å². The van der Waals surface area contributed by atoms with Crippen LogP contribution in [0.3, 0.4) is 0 Å². The summed E-state index contributed by atoms with van der Waals surface area (Å²) >= 11 is 0. The summed E-state index contributed by atoms with van der Waals surface area (Å²) in [6, 6.07) is 4.75. The van der Waals surface area contributed by atoms with Crippen molar-refractivity contribution in [2.45, 2.75) is 44.3 Å². The molecule has 0 aromatic carbocycles. The molecule has 4 rings (SSSR count). The van der Waals surface area contributed by atoms with Gasteiger partial charge in [-0.05, 0) is 38.4 Å². The number of amides is 1. The Morgan fingerprint density at radius 3 is 2.84 bits per heavy atom. The van der Waals surface area contributed by atoms with E-state index in [1.165, 1.54) is 25.9 Å². The highest BCUT2D eigenvalue weighted by Gasteiger charge is 2.46. The molecule has 0 bridgehead atoms. The monoisotopic (exact) mass is 344 g/mol. The van der Waals surface area contributed by atoms with Gasteiger partial charge < -0.3 is 14.5 Å². The van der Waals surface area contributed by atoms with E-state index in [9.17, 15) is 4.79 Å². The van der Waals surface area contributed by atoms with Crippen molar-refractivity contribution in [3.05, 3.63) is 23.9 Å². The molecule has 6 heteroatoms. The summed E-state index contributed by atoms with van der Waals surface area (Å²) in [4.78, 5) is 23.9. The van der Waals surface area contributed by atoms with Crippen molar-refractivity contribution in [3.63, 3.8) is 0 Å². The van der Waals surface area contributed by atoms with E-state index in [0.717, 1.165) is 38.2 Å². The third kappa shape index (κ3) is 3.37. The van der Waals surface area contributed by atoms with Gasteiger partial charge in [0.05, 0.1) is 7.11 Å². The molecule has 3 aliphatic heterocycles. The van der Waals surface area contributed by atoms with E-state index in [0.29, 0.717) is 30.3 Å². The fourth-order valence-corrected chi connectivity index (χ4v) is 4.70. The van der Waals surface area contributed by atoms with Gasteiger partial charge >= 0.3 is 0 Å². The lowest BCUT2D eigenvalue weighted by Crippen LogP contribution is -2.41. The van der Waals surface area contributed by atoms with Gasteiger partial charge in [0, 0.05) is 56.4 Å². The van der Waals surface area contributed by atoms with Gasteiger partial charge in [0.15, 0.2) is 0 Å². The fourth-order valence-electron chi connectivity index (χ4n) is 4.70. The zero-order valence-electron chi connectivity index (χ0n) is 15.1. The third-order valence-corrected chi connectivity index (χ3v) is 6.00. The average molecular weight is 344 g/mol. The average Bonchev–Trinajstić information content (AvgIpc) is 3.33. The number of nitrogens with zero attached hydrogens (tertiary/aromatic N) is 4. The normalized spacial score (nSPS) is 27.2. The van der Waals surface area contributed by atoms with Crippen LogP contribution in [0, 0.1) is 0 Å². The van der Waals surface area contributed by atoms with Crippen LogP contribution in [0.2, 0.25) is 0 Å². The zero-order valence-corrected chi connectivity index (χ0v) is 15.1. The van der Waals surface area contributed by atoms with Crippen LogP contribution < -0.4 is 4.74 Å². The van der Waals surface area contributed by atoms with Crippen LogP contribution in [0.5, 0.6) is 5.88 Å². The van der Waals surface area contributed by atoms with Crippen LogP contribution in [0.25, 0.3) is 0 Å². The Morgan fingerprint density at radius 1 is 1.20 bits per heavy atom. The molecule has 4 heterocycles. The molecule has 25 heavy (non-hydrogen) atoms. The summed E-state index contributed by atoms with van der Waals surface area (Å²) in [7, 11) is 1.66. The second-order valence-electron chi connectivity index (χ2n) is 7.41. The minimum Gasteiger partial charge on any atom is -0.481 e. The molecular formula is C19H28N4O2. The van der Waals surface area contributed by atoms with Crippen molar-refractivity contribution in [1.82, 2.24) is 19.7 Å². The van der Waals surface area contributed by atoms with Gasteiger partial charge in [0.25, 0.3) is 0 Å². The number of hydrogen-bond acceptors (Lipinski definition) is 5. The number of carbonyl (C=O) groups is 1. The van der Waals surface area contributed by atoms with Gasteiger partial charge in [0.1, 0.15) is 0 Å². The summed E-state index contributed by atoms with van der Waals surface area (Å²) in [5.74, 6) is 1.03. The van der Waals surface area contributed by atoms with Gasteiger partial charge in [0.2, 0.25) is 11.8 Å². The molecule has 0 spiro atoms. The topological polar surface area (TPSA) is 48.9 Å². The first-order valence-electron chi connectivity index (χ1n) is 9.50. The Labute approximate surface area is 149 Å². The maximum Gasteiger partial charge on any atom is 0.224 e. The minimum absolute atomic E-state index is 0.331. The van der Waals surface area contributed by atoms with Crippen molar-refractivity contribution in [1.29, 1.82) is 0 Å². The molecule has 1 aromatic heterocycles. The quantitative estimate of drug-likeness (QED) is 0.780. The lowest BCUT2D eigenvalue weighted by Gasteiger charge is -2.27. The molecule has 0 aliphatic carbocycles. The maximum absolute atomic E-state index is 12.6. The van der Waals surface area contributed by atoms with Gasteiger partial charge in [-0.15, -0.1) is 0 Å². The van der Waals surface area contributed by atoms with E-state index in [1.54, 1.807) is 13.3 Å². The molecular weight excluding hydrogens is 316 g/mol. The van der Waals surface area contributed by atoms with Crippen LogP contribution in [-0.2, 0) is 11.3 Å². The van der Waals surface area contributed by atoms with Crippen molar-refractivity contribution >= 4 is 5.91 Å². The third-order valence-electron chi connectivity index (χ3n) is 6.00. The van der Waals surface area contributed by atoms with Gasteiger partial charge in [-0.25, -0.2) is 4.98 Å². The van der Waals surface area contributed by atoms with E-state index in [-0.39, 0.29) is 0 Å². The Bertz CT molecular complexity index is 617. The molecule has 1 aromatic rings. The van der Waals surface area contributed by atoms with E-state index < -0.39 is 0 Å². The summed E-state index contributed by atoms with van der Waals surface area (Å²) < 4.78 is 5.38. The van der Waals surface area contributed by atoms with Crippen molar-refractivity contribution in [3.8, 4) is 5.88 Å². The van der Waals surface area contributed by atoms with E-state index >= 15 is 0 Å². The fraction of sp³-hybridized carbons (Fsp3) is 0.684. The molecule has 2 atom stereocenters. The first-order valence-corrected chi connectivity index (χ1v) is 9.50. The summed E-state index contributed by atoms with van der Waals surface area (Å²) in [6.07, 6.45) is 6.11. The maximum atomic E-state index is 12.6. The number of pyridine rings is 1. The second kappa shape index (κ2) is 7.30. The standard InChI is InChI=1S/C19H28N4O2/c1-25-19-15(5-4-7-20-19)14-22-10-6-16-17(22)13-18(24)23(16)12-11-21-8-2-3-9-21/h4-5,7,16-17H,2-3,6,8-14H2,1H3/t16-,17+/m1/s1. The highest BCUT2D eigenvalue weighted by molar-refractivity contribution is 5.80. The molecule has 0 N–H and O–H groups in total. The smallest absolute Gasteiger partial charge is 0.224 e. The number of likely N-dealkylation sites (tertiary alicyclic amines) is 3. The van der Waals surface area contributed by atoms with Crippen LogP contribution in [-0.4, -0.2) is 77.5 Å². The van der Waals surface area contributed by atoms with Crippen LogP contribution >= 0.6 is 0 Å². The highest BCUT2D eigenvalue weighted by atomic mass is 16.5. The minimum atomic E-state index is 0.331. The number of methoxy groups -OCH3 is 1. The van der Waals surface area contributed by atoms with E-state index in [2.05, 4.69) is 25.8 Å². The number of ether oxygens (including phenoxy) is 1. The Kier molecular flexibility index (Phi) is 4.90. The van der Waals surface area contributed by atoms with Gasteiger partial charge in [-0.3, -0.25) is 9.69 Å². The van der Waals surface area contributed by atoms with Crippen LogP contribution in [0.1, 0.15) is 31.2 Å². The Morgan fingerprint density at radius 2 is 2.04 bits per heavy atom. The highest BCUT2D eigenvalue weighted by Crippen LogP contribution is 2.34. The second-order valence-corrected chi connectivity index (χ2v) is 7.41. The van der Waals surface area contributed by atoms with E-state index in [4.69, 9.17) is 4.74 Å². The molecule has 1 amide bonds. The molecule has 6 nitrogen and oxygen atoms in total. The lowest BCUT2D eigenvalue weighted by atomic mass is 10.1.